The molecule has 2 aromatic carbocycles. The molecule has 1 atom stereocenters. The fourth-order valence-electron chi connectivity index (χ4n) is 4.16. The Morgan fingerprint density at radius 3 is 2.44 bits per heavy atom. The van der Waals surface area contributed by atoms with Crippen LogP contribution in [0.15, 0.2) is 48.5 Å². The summed E-state index contributed by atoms with van der Waals surface area (Å²) in [6.07, 6.45) is 1.04. The van der Waals surface area contributed by atoms with Crippen molar-refractivity contribution in [1.29, 1.82) is 0 Å². The maximum atomic E-state index is 13.8. The van der Waals surface area contributed by atoms with Gasteiger partial charge in [0.05, 0.1) is 12.1 Å². The molecule has 1 fully saturated rings. The molecular formula is C25H26F2N4O. The van der Waals surface area contributed by atoms with E-state index in [4.69, 9.17) is 9.97 Å². The number of halogens is 2. The first-order valence-corrected chi connectivity index (χ1v) is 10.7. The van der Waals surface area contributed by atoms with Gasteiger partial charge >= 0.3 is 0 Å². The minimum absolute atomic E-state index is 0.0909. The number of aryl methyl sites for hydroxylation is 2. The van der Waals surface area contributed by atoms with Crippen molar-refractivity contribution < 1.29 is 13.6 Å². The van der Waals surface area contributed by atoms with Gasteiger partial charge in [-0.2, -0.15) is 0 Å². The molecule has 1 aliphatic rings. The zero-order valence-electron chi connectivity index (χ0n) is 18.2. The van der Waals surface area contributed by atoms with Gasteiger partial charge in [0.2, 0.25) is 5.91 Å². The highest BCUT2D eigenvalue weighted by molar-refractivity contribution is 5.92. The number of para-hydroxylation sites is 1. The number of anilines is 1. The number of nitrogens with one attached hydrogen (secondary N) is 1. The molecule has 5 nitrogen and oxygen atoms in total. The van der Waals surface area contributed by atoms with Gasteiger partial charge in [0.25, 0.3) is 0 Å². The third kappa shape index (κ3) is 5.16. The second-order valence-corrected chi connectivity index (χ2v) is 8.28. The summed E-state index contributed by atoms with van der Waals surface area (Å²) in [7, 11) is 0. The number of nitrogens with zero attached hydrogens (tertiary/aromatic N) is 3. The van der Waals surface area contributed by atoms with Crippen molar-refractivity contribution >= 4 is 11.6 Å². The van der Waals surface area contributed by atoms with Crippen LogP contribution in [0, 0.1) is 25.5 Å². The number of rotatable bonds is 6. The summed E-state index contributed by atoms with van der Waals surface area (Å²) in [5, 5.41) is 2.62. The molecule has 32 heavy (non-hydrogen) atoms. The van der Waals surface area contributed by atoms with Gasteiger partial charge < -0.3 is 5.32 Å². The average Bonchev–Trinajstić information content (AvgIpc) is 3.22. The van der Waals surface area contributed by atoms with Crippen molar-refractivity contribution in [2.75, 3.05) is 18.4 Å². The molecule has 1 amide bonds. The first-order chi connectivity index (χ1) is 15.4. The highest BCUT2D eigenvalue weighted by Gasteiger charge is 2.27. The van der Waals surface area contributed by atoms with Crippen LogP contribution in [0.3, 0.4) is 0 Å². The van der Waals surface area contributed by atoms with Gasteiger partial charge in [-0.15, -0.1) is 0 Å². The van der Waals surface area contributed by atoms with Crippen LogP contribution in [0.25, 0.3) is 0 Å². The van der Waals surface area contributed by atoms with E-state index in [9.17, 15) is 13.6 Å². The summed E-state index contributed by atoms with van der Waals surface area (Å²) < 4.78 is 26.9. The molecule has 2 heterocycles. The maximum absolute atomic E-state index is 13.8. The molecule has 0 radical (unpaired) electrons. The first-order valence-electron chi connectivity index (χ1n) is 10.7. The van der Waals surface area contributed by atoms with Crippen LogP contribution in [0.1, 0.15) is 40.7 Å². The van der Waals surface area contributed by atoms with E-state index in [0.29, 0.717) is 0 Å². The Hall–Kier alpha value is -3.19. The van der Waals surface area contributed by atoms with Gasteiger partial charge in [-0.25, -0.2) is 18.7 Å². The number of hydrogen-bond donors (Lipinski definition) is 1. The summed E-state index contributed by atoms with van der Waals surface area (Å²) >= 11 is 0. The Morgan fingerprint density at radius 1 is 1.06 bits per heavy atom. The van der Waals surface area contributed by atoms with Gasteiger partial charge in [-0.3, -0.25) is 9.69 Å². The number of likely N-dealkylation sites (tertiary alicyclic amines) is 1. The van der Waals surface area contributed by atoms with E-state index in [0.717, 1.165) is 54.4 Å². The molecule has 166 valence electrons. The number of hydrogen-bond acceptors (Lipinski definition) is 4. The molecule has 1 N–H and O–H groups in total. The van der Waals surface area contributed by atoms with Crippen LogP contribution in [0.5, 0.6) is 0 Å². The summed E-state index contributed by atoms with van der Waals surface area (Å²) in [5.74, 6) is 0.0142. The highest BCUT2D eigenvalue weighted by atomic mass is 19.1. The standard InChI is InChI=1S/C25H26F2N4O/c1-16-21(13-24(32)30-23-6-4-3-5-22(23)27)17(2)29-25(28-16)19-11-12-31(15-19)14-18-7-9-20(26)10-8-18/h3-10,19H,11-15H2,1-2H3,(H,30,32)/t19-/m0/s1. The Bertz CT molecular complexity index is 1090. The van der Waals surface area contributed by atoms with Crippen molar-refractivity contribution in [3.8, 4) is 0 Å². The fraction of sp³-hybridized carbons (Fsp3) is 0.320. The van der Waals surface area contributed by atoms with Crippen molar-refractivity contribution in [1.82, 2.24) is 14.9 Å². The van der Waals surface area contributed by atoms with Crippen molar-refractivity contribution in [2.45, 2.75) is 39.2 Å². The second-order valence-electron chi connectivity index (χ2n) is 8.28. The lowest BCUT2D eigenvalue weighted by molar-refractivity contribution is -0.115. The lowest BCUT2D eigenvalue weighted by Gasteiger charge is -2.17. The van der Waals surface area contributed by atoms with Crippen LogP contribution in [-0.2, 0) is 17.8 Å². The molecule has 0 saturated carbocycles. The molecule has 7 heteroatoms. The van der Waals surface area contributed by atoms with Crippen LogP contribution < -0.4 is 5.32 Å². The number of benzene rings is 2. The Morgan fingerprint density at radius 2 is 1.75 bits per heavy atom. The zero-order chi connectivity index (χ0) is 22.7. The maximum Gasteiger partial charge on any atom is 0.229 e. The summed E-state index contributed by atoms with van der Waals surface area (Å²) in [6.45, 7) is 6.30. The minimum atomic E-state index is -0.465. The normalized spacial score (nSPS) is 16.3. The first kappa shape index (κ1) is 22.0. The van der Waals surface area contributed by atoms with Crippen molar-refractivity contribution in [3.05, 3.63) is 88.5 Å². The number of carbonyl (C=O) groups is 1. The van der Waals surface area contributed by atoms with E-state index < -0.39 is 5.82 Å². The van der Waals surface area contributed by atoms with E-state index in [1.165, 1.54) is 24.3 Å². The molecule has 1 aliphatic heterocycles. The number of carbonyl (C=O) groups excluding carboxylic acids is 1. The molecule has 4 rings (SSSR count). The monoisotopic (exact) mass is 436 g/mol. The van der Waals surface area contributed by atoms with Crippen molar-refractivity contribution in [2.24, 2.45) is 0 Å². The van der Waals surface area contributed by atoms with Gasteiger partial charge in [0.15, 0.2) is 0 Å². The van der Waals surface area contributed by atoms with Crippen LogP contribution in [0.4, 0.5) is 14.5 Å². The average molecular weight is 437 g/mol. The van der Waals surface area contributed by atoms with Gasteiger partial charge in [0.1, 0.15) is 17.5 Å². The number of amides is 1. The zero-order valence-corrected chi connectivity index (χ0v) is 18.2. The molecule has 0 unspecified atom stereocenters. The number of aromatic nitrogens is 2. The van der Waals surface area contributed by atoms with Crippen LogP contribution in [-0.4, -0.2) is 33.9 Å². The smallest absolute Gasteiger partial charge is 0.229 e. The van der Waals surface area contributed by atoms with E-state index in [1.807, 2.05) is 26.0 Å². The lowest BCUT2D eigenvalue weighted by Crippen LogP contribution is -2.21. The van der Waals surface area contributed by atoms with Crippen LogP contribution >= 0.6 is 0 Å². The fourth-order valence-corrected chi connectivity index (χ4v) is 4.16. The molecule has 1 saturated heterocycles. The molecule has 1 aromatic heterocycles. The highest BCUT2D eigenvalue weighted by Crippen LogP contribution is 2.27. The van der Waals surface area contributed by atoms with Gasteiger partial charge in [-0.1, -0.05) is 24.3 Å². The SMILES string of the molecule is Cc1nc([C@H]2CCN(Cc3ccc(F)cc3)C2)nc(C)c1CC(=O)Nc1ccccc1F. The van der Waals surface area contributed by atoms with E-state index in [-0.39, 0.29) is 29.8 Å². The molecule has 0 aliphatic carbocycles. The third-order valence-electron chi connectivity index (χ3n) is 5.88. The lowest BCUT2D eigenvalue weighted by atomic mass is 10.0. The summed E-state index contributed by atoms with van der Waals surface area (Å²) in [4.78, 5) is 24.2. The summed E-state index contributed by atoms with van der Waals surface area (Å²) in [5.41, 5.74) is 3.55. The third-order valence-corrected chi connectivity index (χ3v) is 5.88. The summed E-state index contributed by atoms with van der Waals surface area (Å²) in [6, 6.07) is 12.7. The van der Waals surface area contributed by atoms with E-state index in [1.54, 1.807) is 12.1 Å². The second kappa shape index (κ2) is 9.53. The molecule has 3 aromatic rings. The van der Waals surface area contributed by atoms with E-state index >= 15 is 0 Å². The predicted molar refractivity (Wildman–Crippen MR) is 119 cm³/mol. The minimum Gasteiger partial charge on any atom is -0.323 e. The van der Waals surface area contributed by atoms with Crippen molar-refractivity contribution in [3.63, 3.8) is 0 Å². The Kier molecular flexibility index (Phi) is 6.55. The molecular weight excluding hydrogens is 410 g/mol. The topological polar surface area (TPSA) is 58.1 Å². The quantitative estimate of drug-likeness (QED) is 0.616. The molecule has 0 bridgehead atoms. The Labute approximate surface area is 186 Å². The van der Waals surface area contributed by atoms with Crippen LogP contribution in [0.2, 0.25) is 0 Å². The van der Waals surface area contributed by atoms with E-state index in [2.05, 4.69) is 10.2 Å². The van der Waals surface area contributed by atoms with Gasteiger partial charge in [0, 0.05) is 36.0 Å². The molecule has 0 spiro atoms. The Balaban J connectivity index is 1.40. The van der Waals surface area contributed by atoms with Gasteiger partial charge in [-0.05, 0) is 56.6 Å². The predicted octanol–water partition coefficient (Wildman–Crippen LogP) is 4.54. The largest absolute Gasteiger partial charge is 0.323 e.